The van der Waals surface area contributed by atoms with Crippen molar-refractivity contribution < 1.29 is 9.59 Å². The van der Waals surface area contributed by atoms with E-state index in [2.05, 4.69) is 36.6 Å². The molecule has 0 saturated heterocycles. The van der Waals surface area contributed by atoms with Crippen molar-refractivity contribution in [2.24, 2.45) is 5.92 Å². The SMILES string of the molecule is CC(C)Cc1ccc(C(C)C(=O)Nc2ccccc2C(=O)NC2CCCCC2)cc1. The molecule has 1 atom stereocenters. The molecule has 1 fully saturated rings. The number of carbonyl (C=O) groups excluding carboxylic acids is 2. The lowest BCUT2D eigenvalue weighted by Crippen LogP contribution is -2.36. The lowest BCUT2D eigenvalue weighted by atomic mass is 9.95. The first-order valence-electron chi connectivity index (χ1n) is 11.2. The van der Waals surface area contributed by atoms with Gasteiger partial charge in [-0.15, -0.1) is 0 Å². The molecule has 0 spiro atoms. The molecule has 4 heteroatoms. The number of hydrogen-bond acceptors (Lipinski definition) is 2. The van der Waals surface area contributed by atoms with Crippen LogP contribution in [0, 0.1) is 5.92 Å². The zero-order valence-electron chi connectivity index (χ0n) is 18.4. The van der Waals surface area contributed by atoms with E-state index in [0.29, 0.717) is 17.2 Å². The minimum absolute atomic E-state index is 0.107. The Morgan fingerprint density at radius 3 is 2.27 bits per heavy atom. The van der Waals surface area contributed by atoms with E-state index < -0.39 is 0 Å². The fourth-order valence-electron chi connectivity index (χ4n) is 4.11. The Bertz CT molecular complexity index is 852. The molecule has 2 aromatic carbocycles. The van der Waals surface area contributed by atoms with Crippen molar-refractivity contribution in [1.29, 1.82) is 0 Å². The Kier molecular flexibility index (Phi) is 7.67. The standard InChI is InChI=1S/C26H34N2O2/c1-18(2)17-20-13-15-21(16-14-20)19(3)25(29)28-24-12-8-7-11-23(24)26(30)27-22-9-5-4-6-10-22/h7-8,11-16,18-19,22H,4-6,9-10,17H2,1-3H3,(H,27,30)(H,28,29). The number of carbonyl (C=O) groups is 2. The summed E-state index contributed by atoms with van der Waals surface area (Å²) in [4.78, 5) is 25.7. The number of para-hydroxylation sites is 1. The van der Waals surface area contributed by atoms with Crippen LogP contribution in [0.4, 0.5) is 5.69 Å². The number of hydrogen-bond donors (Lipinski definition) is 2. The van der Waals surface area contributed by atoms with Gasteiger partial charge in [-0.1, -0.05) is 69.5 Å². The highest BCUT2D eigenvalue weighted by molar-refractivity contribution is 6.05. The van der Waals surface area contributed by atoms with E-state index in [1.165, 1.54) is 12.0 Å². The summed E-state index contributed by atoms with van der Waals surface area (Å²) in [5.74, 6) is 0.0911. The monoisotopic (exact) mass is 406 g/mol. The molecule has 2 N–H and O–H groups in total. The average molecular weight is 407 g/mol. The van der Waals surface area contributed by atoms with Crippen LogP contribution in [-0.4, -0.2) is 17.9 Å². The molecule has 1 aliphatic rings. The molecule has 30 heavy (non-hydrogen) atoms. The minimum Gasteiger partial charge on any atom is -0.349 e. The molecule has 160 valence electrons. The van der Waals surface area contributed by atoms with Gasteiger partial charge in [0.05, 0.1) is 17.2 Å². The molecular weight excluding hydrogens is 372 g/mol. The summed E-state index contributed by atoms with van der Waals surface area (Å²) in [7, 11) is 0. The van der Waals surface area contributed by atoms with Crippen LogP contribution in [0.1, 0.15) is 80.3 Å². The molecule has 0 aromatic heterocycles. The molecular formula is C26H34N2O2. The number of nitrogens with one attached hydrogen (secondary N) is 2. The molecule has 1 saturated carbocycles. The Morgan fingerprint density at radius 1 is 0.933 bits per heavy atom. The summed E-state index contributed by atoms with van der Waals surface area (Å²) < 4.78 is 0. The third kappa shape index (κ3) is 5.94. The van der Waals surface area contributed by atoms with Crippen molar-refractivity contribution in [1.82, 2.24) is 5.32 Å². The highest BCUT2D eigenvalue weighted by atomic mass is 16.2. The van der Waals surface area contributed by atoms with Crippen molar-refractivity contribution in [3.05, 3.63) is 65.2 Å². The first-order chi connectivity index (χ1) is 14.4. The molecule has 2 amide bonds. The lowest BCUT2D eigenvalue weighted by Gasteiger charge is -2.23. The molecule has 4 nitrogen and oxygen atoms in total. The zero-order valence-corrected chi connectivity index (χ0v) is 18.4. The second kappa shape index (κ2) is 10.4. The van der Waals surface area contributed by atoms with E-state index in [0.717, 1.165) is 37.7 Å². The summed E-state index contributed by atoms with van der Waals surface area (Å²) in [5, 5.41) is 6.12. The van der Waals surface area contributed by atoms with Crippen LogP contribution in [0.2, 0.25) is 0 Å². The lowest BCUT2D eigenvalue weighted by molar-refractivity contribution is -0.117. The summed E-state index contributed by atoms with van der Waals surface area (Å²) in [5.41, 5.74) is 3.35. The number of benzene rings is 2. The largest absolute Gasteiger partial charge is 0.349 e. The quantitative estimate of drug-likeness (QED) is 0.620. The summed E-state index contributed by atoms with van der Waals surface area (Å²) in [6.45, 7) is 6.30. The third-order valence-electron chi connectivity index (χ3n) is 5.89. The van der Waals surface area contributed by atoms with E-state index in [1.807, 2.05) is 31.2 Å². The van der Waals surface area contributed by atoms with Gasteiger partial charge in [0, 0.05) is 6.04 Å². The van der Waals surface area contributed by atoms with Crippen LogP contribution in [0.15, 0.2) is 48.5 Å². The number of rotatable bonds is 7. The molecule has 2 aromatic rings. The van der Waals surface area contributed by atoms with Crippen molar-refractivity contribution in [3.63, 3.8) is 0 Å². The van der Waals surface area contributed by atoms with Gasteiger partial charge in [0.2, 0.25) is 5.91 Å². The Balaban J connectivity index is 1.66. The van der Waals surface area contributed by atoms with Gasteiger partial charge in [-0.2, -0.15) is 0 Å². The van der Waals surface area contributed by atoms with E-state index in [-0.39, 0.29) is 23.8 Å². The van der Waals surface area contributed by atoms with Crippen LogP contribution in [0.25, 0.3) is 0 Å². The van der Waals surface area contributed by atoms with Crippen LogP contribution < -0.4 is 10.6 Å². The molecule has 1 aliphatic carbocycles. The number of amides is 2. The second-order valence-electron chi connectivity index (χ2n) is 8.90. The Labute approximate surface area is 180 Å². The second-order valence-corrected chi connectivity index (χ2v) is 8.90. The highest BCUT2D eigenvalue weighted by Crippen LogP contribution is 2.23. The Morgan fingerprint density at radius 2 is 1.60 bits per heavy atom. The van der Waals surface area contributed by atoms with E-state index in [1.54, 1.807) is 12.1 Å². The fourth-order valence-corrected chi connectivity index (χ4v) is 4.11. The van der Waals surface area contributed by atoms with Crippen LogP contribution in [0.3, 0.4) is 0 Å². The smallest absolute Gasteiger partial charge is 0.253 e. The molecule has 1 unspecified atom stereocenters. The Hall–Kier alpha value is -2.62. The van der Waals surface area contributed by atoms with E-state index in [9.17, 15) is 9.59 Å². The molecule has 0 aliphatic heterocycles. The summed E-state index contributed by atoms with van der Waals surface area (Å²) >= 11 is 0. The van der Waals surface area contributed by atoms with Crippen molar-refractivity contribution in [3.8, 4) is 0 Å². The van der Waals surface area contributed by atoms with Gasteiger partial charge in [0.25, 0.3) is 5.91 Å². The molecule has 0 bridgehead atoms. The van der Waals surface area contributed by atoms with Gasteiger partial charge in [0.15, 0.2) is 0 Å². The van der Waals surface area contributed by atoms with Gasteiger partial charge >= 0.3 is 0 Å². The van der Waals surface area contributed by atoms with Gasteiger partial charge in [-0.25, -0.2) is 0 Å². The first kappa shape index (κ1) is 22.1. The fraction of sp³-hybridized carbons (Fsp3) is 0.462. The van der Waals surface area contributed by atoms with Gasteiger partial charge in [0.1, 0.15) is 0 Å². The predicted octanol–water partition coefficient (Wildman–Crippen LogP) is 5.69. The minimum atomic E-state index is -0.299. The number of anilines is 1. The maximum Gasteiger partial charge on any atom is 0.253 e. The topological polar surface area (TPSA) is 58.2 Å². The van der Waals surface area contributed by atoms with Crippen LogP contribution in [-0.2, 0) is 11.2 Å². The molecule has 0 heterocycles. The highest BCUT2D eigenvalue weighted by Gasteiger charge is 2.21. The molecule has 0 radical (unpaired) electrons. The predicted molar refractivity (Wildman–Crippen MR) is 123 cm³/mol. The van der Waals surface area contributed by atoms with Gasteiger partial charge in [-0.3, -0.25) is 9.59 Å². The zero-order chi connectivity index (χ0) is 21.5. The third-order valence-corrected chi connectivity index (χ3v) is 5.89. The maximum absolute atomic E-state index is 12.9. The van der Waals surface area contributed by atoms with Gasteiger partial charge in [-0.05, 0) is 55.4 Å². The van der Waals surface area contributed by atoms with E-state index >= 15 is 0 Å². The summed E-state index contributed by atoms with van der Waals surface area (Å²) in [6.07, 6.45) is 6.67. The average Bonchev–Trinajstić information content (AvgIpc) is 2.74. The molecule has 3 rings (SSSR count). The maximum atomic E-state index is 12.9. The van der Waals surface area contributed by atoms with Crippen molar-refractivity contribution in [2.45, 2.75) is 71.3 Å². The van der Waals surface area contributed by atoms with Crippen LogP contribution >= 0.6 is 0 Å². The first-order valence-corrected chi connectivity index (χ1v) is 11.2. The van der Waals surface area contributed by atoms with Crippen LogP contribution in [0.5, 0.6) is 0 Å². The van der Waals surface area contributed by atoms with Crippen molar-refractivity contribution in [2.75, 3.05) is 5.32 Å². The van der Waals surface area contributed by atoms with Gasteiger partial charge < -0.3 is 10.6 Å². The summed E-state index contributed by atoms with van der Waals surface area (Å²) in [6, 6.07) is 15.8. The normalized spacial score (nSPS) is 15.6. The van der Waals surface area contributed by atoms with E-state index in [4.69, 9.17) is 0 Å². The van der Waals surface area contributed by atoms with Crippen molar-refractivity contribution >= 4 is 17.5 Å².